The number of hydrogen-bond acceptors (Lipinski definition) is 3. The molecule has 1 aliphatic heterocycles. The first-order valence-electron chi connectivity index (χ1n) is 9.70. The topological polar surface area (TPSA) is 66.6 Å². The molecule has 1 aromatic heterocycles. The van der Waals surface area contributed by atoms with Gasteiger partial charge in [0, 0.05) is 35.9 Å². The molecule has 0 unspecified atom stereocenters. The summed E-state index contributed by atoms with van der Waals surface area (Å²) in [5.74, 6) is 0.804. The van der Waals surface area contributed by atoms with Crippen molar-refractivity contribution in [1.82, 2.24) is 9.88 Å². The fourth-order valence-corrected chi connectivity index (χ4v) is 3.43. The van der Waals surface area contributed by atoms with Gasteiger partial charge >= 0.3 is 6.03 Å². The fourth-order valence-electron chi connectivity index (χ4n) is 3.43. The number of carbonyl (C=O) groups excluding carboxylic acids is 1. The Hall–Kier alpha value is -2.99. The molecule has 28 heavy (non-hydrogen) atoms. The van der Waals surface area contributed by atoms with Crippen LogP contribution in [0.15, 0.2) is 60.8 Å². The van der Waals surface area contributed by atoms with E-state index >= 15 is 0 Å². The van der Waals surface area contributed by atoms with E-state index in [1.54, 1.807) is 4.90 Å². The first-order valence-corrected chi connectivity index (χ1v) is 9.70. The number of amides is 2. The zero-order valence-corrected chi connectivity index (χ0v) is 15.8. The SMILES string of the molecule is O=C(Nc1ccc2[nH]ccc2c1)N(CCOc1ccccc1)C[C@H]1CCCO1. The molecule has 0 saturated carbocycles. The predicted octanol–water partition coefficient (Wildman–Crippen LogP) is 4.26. The number of aromatic nitrogens is 1. The molecule has 0 aliphatic carbocycles. The van der Waals surface area contributed by atoms with E-state index in [0.29, 0.717) is 19.7 Å². The smallest absolute Gasteiger partial charge is 0.322 e. The lowest BCUT2D eigenvalue weighted by Crippen LogP contribution is -2.42. The zero-order chi connectivity index (χ0) is 19.2. The number of anilines is 1. The quantitative estimate of drug-likeness (QED) is 0.645. The number of para-hydroxylation sites is 1. The number of urea groups is 1. The van der Waals surface area contributed by atoms with E-state index in [2.05, 4.69) is 10.3 Å². The van der Waals surface area contributed by atoms with Crippen LogP contribution in [-0.2, 0) is 4.74 Å². The van der Waals surface area contributed by atoms with Gasteiger partial charge in [0.05, 0.1) is 12.6 Å². The monoisotopic (exact) mass is 379 g/mol. The van der Waals surface area contributed by atoms with Crippen LogP contribution in [0.25, 0.3) is 10.9 Å². The Balaban J connectivity index is 1.39. The van der Waals surface area contributed by atoms with Gasteiger partial charge in [0.25, 0.3) is 0 Å². The van der Waals surface area contributed by atoms with Crippen LogP contribution in [0.3, 0.4) is 0 Å². The number of ether oxygens (including phenoxy) is 2. The van der Waals surface area contributed by atoms with E-state index in [1.807, 2.05) is 60.8 Å². The highest BCUT2D eigenvalue weighted by atomic mass is 16.5. The van der Waals surface area contributed by atoms with Crippen LogP contribution in [-0.4, -0.2) is 48.3 Å². The van der Waals surface area contributed by atoms with Crippen molar-refractivity contribution in [2.24, 2.45) is 0 Å². The van der Waals surface area contributed by atoms with Crippen molar-refractivity contribution in [3.8, 4) is 5.75 Å². The molecule has 146 valence electrons. The van der Waals surface area contributed by atoms with Crippen LogP contribution in [0.1, 0.15) is 12.8 Å². The van der Waals surface area contributed by atoms with Crippen LogP contribution >= 0.6 is 0 Å². The largest absolute Gasteiger partial charge is 0.492 e. The van der Waals surface area contributed by atoms with Crippen molar-refractivity contribution in [1.29, 1.82) is 0 Å². The summed E-state index contributed by atoms with van der Waals surface area (Å²) in [6, 6.07) is 17.3. The maximum absolute atomic E-state index is 12.9. The molecular formula is C22H25N3O3. The van der Waals surface area contributed by atoms with Gasteiger partial charge < -0.3 is 24.7 Å². The number of rotatable bonds is 7. The highest BCUT2D eigenvalue weighted by molar-refractivity contribution is 5.92. The number of benzene rings is 2. The van der Waals surface area contributed by atoms with Crippen LogP contribution < -0.4 is 10.1 Å². The van der Waals surface area contributed by atoms with Crippen LogP contribution in [0.5, 0.6) is 5.75 Å². The summed E-state index contributed by atoms with van der Waals surface area (Å²) in [5.41, 5.74) is 1.82. The lowest BCUT2D eigenvalue weighted by molar-refractivity contribution is 0.0799. The third kappa shape index (κ3) is 4.64. The Bertz CT molecular complexity index is 904. The zero-order valence-electron chi connectivity index (χ0n) is 15.8. The summed E-state index contributed by atoms with van der Waals surface area (Å²) in [7, 11) is 0. The molecule has 0 radical (unpaired) electrons. The molecule has 1 saturated heterocycles. The second-order valence-corrected chi connectivity index (χ2v) is 6.95. The lowest BCUT2D eigenvalue weighted by Gasteiger charge is -2.26. The third-order valence-corrected chi connectivity index (χ3v) is 4.91. The fraction of sp³-hybridized carbons (Fsp3) is 0.318. The molecule has 2 amide bonds. The Labute approximate surface area is 164 Å². The van der Waals surface area contributed by atoms with E-state index in [4.69, 9.17) is 9.47 Å². The summed E-state index contributed by atoms with van der Waals surface area (Å²) >= 11 is 0. The molecule has 2 heterocycles. The number of aromatic amines is 1. The van der Waals surface area contributed by atoms with Crippen molar-refractivity contribution in [3.63, 3.8) is 0 Å². The summed E-state index contributed by atoms with van der Waals surface area (Å²) in [6.45, 7) is 2.26. The van der Waals surface area contributed by atoms with Crippen molar-refractivity contribution in [2.45, 2.75) is 18.9 Å². The molecule has 6 nitrogen and oxygen atoms in total. The molecule has 1 aliphatic rings. The minimum Gasteiger partial charge on any atom is -0.492 e. The van der Waals surface area contributed by atoms with Gasteiger partial charge in [0.2, 0.25) is 0 Å². The normalized spacial score (nSPS) is 16.2. The molecule has 2 N–H and O–H groups in total. The van der Waals surface area contributed by atoms with Gasteiger partial charge in [-0.1, -0.05) is 18.2 Å². The van der Waals surface area contributed by atoms with E-state index in [9.17, 15) is 4.79 Å². The average molecular weight is 379 g/mol. The number of nitrogens with one attached hydrogen (secondary N) is 2. The van der Waals surface area contributed by atoms with E-state index in [-0.39, 0.29) is 12.1 Å². The van der Waals surface area contributed by atoms with E-state index in [0.717, 1.165) is 41.8 Å². The van der Waals surface area contributed by atoms with E-state index in [1.165, 1.54) is 0 Å². The molecule has 2 aromatic carbocycles. The predicted molar refractivity (Wildman–Crippen MR) is 110 cm³/mol. The van der Waals surface area contributed by atoms with Crippen LogP contribution in [0, 0.1) is 0 Å². The number of fused-ring (bicyclic) bond motifs is 1. The first-order chi connectivity index (χ1) is 13.8. The van der Waals surface area contributed by atoms with Gasteiger partial charge in [-0.2, -0.15) is 0 Å². The van der Waals surface area contributed by atoms with Crippen molar-refractivity contribution >= 4 is 22.6 Å². The molecule has 1 fully saturated rings. The van der Waals surface area contributed by atoms with Crippen molar-refractivity contribution in [2.75, 3.05) is 31.6 Å². The van der Waals surface area contributed by atoms with Gasteiger partial charge in [-0.05, 0) is 49.2 Å². The van der Waals surface area contributed by atoms with Crippen molar-refractivity contribution < 1.29 is 14.3 Å². The second-order valence-electron chi connectivity index (χ2n) is 6.95. The highest BCUT2D eigenvalue weighted by Crippen LogP contribution is 2.19. The molecule has 0 bridgehead atoms. The van der Waals surface area contributed by atoms with E-state index < -0.39 is 0 Å². The van der Waals surface area contributed by atoms with Gasteiger partial charge in [-0.25, -0.2) is 4.79 Å². The van der Waals surface area contributed by atoms with Crippen molar-refractivity contribution in [3.05, 3.63) is 60.8 Å². The summed E-state index contributed by atoms with van der Waals surface area (Å²) in [6.07, 6.45) is 4.01. The molecule has 4 rings (SSSR count). The maximum atomic E-state index is 12.9. The molecule has 6 heteroatoms. The maximum Gasteiger partial charge on any atom is 0.322 e. The Morgan fingerprint density at radius 2 is 2.11 bits per heavy atom. The second kappa shape index (κ2) is 8.80. The van der Waals surface area contributed by atoms with Crippen LogP contribution in [0.2, 0.25) is 0 Å². The Kier molecular flexibility index (Phi) is 5.77. The number of nitrogens with zero attached hydrogens (tertiary/aromatic N) is 1. The summed E-state index contributed by atoms with van der Waals surface area (Å²) < 4.78 is 11.5. The van der Waals surface area contributed by atoms with Gasteiger partial charge in [0.1, 0.15) is 12.4 Å². The number of hydrogen-bond donors (Lipinski definition) is 2. The molecule has 3 aromatic rings. The summed E-state index contributed by atoms with van der Waals surface area (Å²) in [4.78, 5) is 17.8. The first kappa shape index (κ1) is 18.4. The highest BCUT2D eigenvalue weighted by Gasteiger charge is 2.22. The molecule has 0 spiro atoms. The Morgan fingerprint density at radius 1 is 1.21 bits per heavy atom. The van der Waals surface area contributed by atoms with Gasteiger partial charge in [-0.15, -0.1) is 0 Å². The molecule has 1 atom stereocenters. The number of carbonyl (C=O) groups is 1. The Morgan fingerprint density at radius 3 is 2.93 bits per heavy atom. The molecular weight excluding hydrogens is 354 g/mol. The van der Waals surface area contributed by atoms with Crippen LogP contribution in [0.4, 0.5) is 10.5 Å². The van der Waals surface area contributed by atoms with Gasteiger partial charge in [0.15, 0.2) is 0 Å². The minimum absolute atomic E-state index is 0.0922. The number of H-pyrrole nitrogens is 1. The lowest BCUT2D eigenvalue weighted by atomic mass is 10.2. The summed E-state index contributed by atoms with van der Waals surface area (Å²) in [5, 5.41) is 4.07. The standard InChI is InChI=1S/C22H25N3O3/c26-22(24-18-8-9-21-17(15-18)10-11-23-21)25(16-20-7-4-13-27-20)12-14-28-19-5-2-1-3-6-19/h1-3,5-6,8-11,15,20,23H,4,7,12-14,16H2,(H,24,26)/t20-/m1/s1. The average Bonchev–Trinajstić information content (AvgIpc) is 3.39. The minimum atomic E-state index is -0.137. The third-order valence-electron chi connectivity index (χ3n) is 4.91. The van der Waals surface area contributed by atoms with Gasteiger partial charge in [-0.3, -0.25) is 0 Å².